The van der Waals surface area contributed by atoms with Gasteiger partial charge in [-0.3, -0.25) is 4.79 Å². The van der Waals surface area contributed by atoms with E-state index < -0.39 is 0 Å². The first-order valence-electron chi connectivity index (χ1n) is 9.78. The van der Waals surface area contributed by atoms with Crippen LogP contribution in [0.4, 0.5) is 0 Å². The molecule has 0 bridgehead atoms. The van der Waals surface area contributed by atoms with Crippen molar-refractivity contribution >= 4 is 5.91 Å². The van der Waals surface area contributed by atoms with Crippen LogP contribution >= 0.6 is 0 Å². The first-order chi connectivity index (χ1) is 15.2. The number of nitrogens with one attached hydrogen (secondary N) is 1. The lowest BCUT2D eigenvalue weighted by Gasteiger charge is -2.09. The summed E-state index contributed by atoms with van der Waals surface area (Å²) in [6, 6.07) is 19.9. The Morgan fingerprint density at radius 1 is 1.00 bits per heavy atom. The third-order valence-electron chi connectivity index (χ3n) is 4.14. The predicted molar refractivity (Wildman–Crippen MR) is 114 cm³/mol. The molecule has 0 saturated heterocycles. The van der Waals surface area contributed by atoms with E-state index in [2.05, 4.69) is 15.5 Å². The SMILES string of the molecule is CCOc1ccc(-c2ccc(OCCNC(=O)COc3ccccc3C#N)nn2)cc1. The summed E-state index contributed by atoms with van der Waals surface area (Å²) in [6.45, 7) is 2.89. The van der Waals surface area contributed by atoms with Crippen LogP contribution in [0.25, 0.3) is 11.3 Å². The summed E-state index contributed by atoms with van der Waals surface area (Å²) < 4.78 is 16.3. The molecule has 0 aliphatic heterocycles. The van der Waals surface area contributed by atoms with Gasteiger partial charge in [-0.05, 0) is 49.4 Å². The van der Waals surface area contributed by atoms with Crippen LogP contribution in [0.3, 0.4) is 0 Å². The maximum absolute atomic E-state index is 11.9. The Morgan fingerprint density at radius 2 is 1.81 bits per heavy atom. The summed E-state index contributed by atoms with van der Waals surface area (Å²) in [5.74, 6) is 1.23. The topological polar surface area (TPSA) is 106 Å². The Labute approximate surface area is 180 Å². The molecule has 0 atom stereocenters. The highest BCUT2D eigenvalue weighted by molar-refractivity contribution is 5.77. The molecule has 1 heterocycles. The number of nitrogens with zero attached hydrogens (tertiary/aromatic N) is 3. The Bertz CT molecular complexity index is 1030. The van der Waals surface area contributed by atoms with Crippen LogP contribution < -0.4 is 19.5 Å². The summed E-state index contributed by atoms with van der Waals surface area (Å²) in [5, 5.41) is 19.9. The lowest BCUT2D eigenvalue weighted by molar-refractivity contribution is -0.123. The molecule has 0 saturated carbocycles. The van der Waals surface area contributed by atoms with Gasteiger partial charge < -0.3 is 19.5 Å². The van der Waals surface area contributed by atoms with E-state index in [0.29, 0.717) is 23.8 Å². The standard InChI is InChI=1S/C23H22N4O4/c1-2-29-19-9-7-17(8-10-19)20-11-12-23(27-26-20)30-14-13-25-22(28)16-31-21-6-4-3-5-18(21)15-24/h3-12H,2,13-14,16H2,1H3,(H,25,28). The number of benzene rings is 2. The molecular weight excluding hydrogens is 396 g/mol. The molecule has 0 fully saturated rings. The van der Waals surface area contributed by atoms with E-state index in [-0.39, 0.29) is 25.7 Å². The average molecular weight is 418 g/mol. The Balaban J connectivity index is 1.39. The molecule has 8 nitrogen and oxygen atoms in total. The second-order valence-electron chi connectivity index (χ2n) is 6.31. The average Bonchev–Trinajstić information content (AvgIpc) is 2.82. The molecule has 8 heteroatoms. The van der Waals surface area contributed by atoms with Crippen molar-refractivity contribution in [2.45, 2.75) is 6.92 Å². The third kappa shape index (κ3) is 6.44. The van der Waals surface area contributed by atoms with Gasteiger partial charge in [0.2, 0.25) is 5.88 Å². The quantitative estimate of drug-likeness (QED) is 0.505. The maximum Gasteiger partial charge on any atom is 0.258 e. The lowest BCUT2D eigenvalue weighted by atomic mass is 10.1. The number of nitriles is 1. The van der Waals surface area contributed by atoms with Gasteiger partial charge in [-0.15, -0.1) is 10.2 Å². The number of amides is 1. The van der Waals surface area contributed by atoms with Crippen molar-refractivity contribution in [1.82, 2.24) is 15.5 Å². The molecule has 31 heavy (non-hydrogen) atoms. The summed E-state index contributed by atoms with van der Waals surface area (Å²) in [7, 11) is 0. The summed E-state index contributed by atoms with van der Waals surface area (Å²) >= 11 is 0. The third-order valence-corrected chi connectivity index (χ3v) is 4.14. The van der Waals surface area contributed by atoms with Crippen molar-refractivity contribution in [3.8, 4) is 34.7 Å². The van der Waals surface area contributed by atoms with Crippen molar-refractivity contribution in [1.29, 1.82) is 5.26 Å². The van der Waals surface area contributed by atoms with E-state index in [0.717, 1.165) is 17.0 Å². The van der Waals surface area contributed by atoms with Gasteiger partial charge in [-0.25, -0.2) is 0 Å². The second kappa shape index (κ2) is 11.2. The van der Waals surface area contributed by atoms with E-state index in [1.54, 1.807) is 30.3 Å². The molecule has 0 aliphatic rings. The fraction of sp³-hybridized carbons (Fsp3) is 0.217. The molecule has 1 aromatic heterocycles. The molecule has 0 radical (unpaired) electrons. The fourth-order valence-electron chi connectivity index (χ4n) is 2.66. The van der Waals surface area contributed by atoms with Crippen LogP contribution in [0.5, 0.6) is 17.4 Å². The van der Waals surface area contributed by atoms with Gasteiger partial charge in [0, 0.05) is 11.6 Å². The maximum atomic E-state index is 11.9. The number of carbonyl (C=O) groups is 1. The van der Waals surface area contributed by atoms with E-state index in [4.69, 9.17) is 19.5 Å². The first-order valence-corrected chi connectivity index (χ1v) is 9.78. The van der Waals surface area contributed by atoms with E-state index in [9.17, 15) is 4.79 Å². The number of para-hydroxylation sites is 1. The number of ether oxygens (including phenoxy) is 3. The number of hydrogen-bond acceptors (Lipinski definition) is 7. The number of hydrogen-bond donors (Lipinski definition) is 1. The van der Waals surface area contributed by atoms with Crippen molar-refractivity contribution in [3.05, 3.63) is 66.2 Å². The molecule has 2 aromatic carbocycles. The summed E-state index contributed by atoms with van der Waals surface area (Å²) in [5.41, 5.74) is 2.03. The highest BCUT2D eigenvalue weighted by Gasteiger charge is 2.07. The second-order valence-corrected chi connectivity index (χ2v) is 6.31. The minimum atomic E-state index is -0.312. The van der Waals surface area contributed by atoms with E-state index in [1.165, 1.54) is 0 Å². The Morgan fingerprint density at radius 3 is 2.52 bits per heavy atom. The summed E-state index contributed by atoms with van der Waals surface area (Å²) in [4.78, 5) is 11.9. The van der Waals surface area contributed by atoms with E-state index >= 15 is 0 Å². The summed E-state index contributed by atoms with van der Waals surface area (Å²) in [6.07, 6.45) is 0. The van der Waals surface area contributed by atoms with Crippen LogP contribution in [0.2, 0.25) is 0 Å². The Kier molecular flexibility index (Phi) is 7.77. The van der Waals surface area contributed by atoms with Crippen LogP contribution in [-0.4, -0.2) is 42.5 Å². The molecule has 3 rings (SSSR count). The normalized spacial score (nSPS) is 10.1. The molecule has 158 valence electrons. The van der Waals surface area contributed by atoms with Crippen LogP contribution in [0.1, 0.15) is 12.5 Å². The van der Waals surface area contributed by atoms with Gasteiger partial charge in [0.15, 0.2) is 6.61 Å². The minimum Gasteiger partial charge on any atom is -0.494 e. The largest absolute Gasteiger partial charge is 0.494 e. The Hall–Kier alpha value is -4.12. The zero-order chi connectivity index (χ0) is 21.9. The highest BCUT2D eigenvalue weighted by atomic mass is 16.5. The molecule has 0 aliphatic carbocycles. The van der Waals surface area contributed by atoms with Gasteiger partial charge in [0.1, 0.15) is 24.2 Å². The molecule has 0 unspecified atom stereocenters. The van der Waals surface area contributed by atoms with Crippen molar-refractivity contribution in [3.63, 3.8) is 0 Å². The van der Waals surface area contributed by atoms with Gasteiger partial charge in [-0.2, -0.15) is 5.26 Å². The van der Waals surface area contributed by atoms with Gasteiger partial charge in [-0.1, -0.05) is 12.1 Å². The molecule has 1 amide bonds. The zero-order valence-electron chi connectivity index (χ0n) is 17.1. The minimum absolute atomic E-state index is 0.185. The lowest BCUT2D eigenvalue weighted by Crippen LogP contribution is -2.32. The van der Waals surface area contributed by atoms with Crippen LogP contribution in [-0.2, 0) is 4.79 Å². The monoisotopic (exact) mass is 418 g/mol. The van der Waals surface area contributed by atoms with Crippen molar-refractivity contribution in [2.24, 2.45) is 0 Å². The zero-order valence-corrected chi connectivity index (χ0v) is 17.1. The number of aromatic nitrogens is 2. The number of carbonyl (C=O) groups excluding carboxylic acids is 1. The highest BCUT2D eigenvalue weighted by Crippen LogP contribution is 2.21. The molecular formula is C23H22N4O4. The molecule has 1 N–H and O–H groups in total. The van der Waals surface area contributed by atoms with Crippen LogP contribution in [0, 0.1) is 11.3 Å². The smallest absolute Gasteiger partial charge is 0.258 e. The van der Waals surface area contributed by atoms with Crippen molar-refractivity contribution in [2.75, 3.05) is 26.4 Å². The van der Waals surface area contributed by atoms with Crippen LogP contribution in [0.15, 0.2) is 60.7 Å². The fourth-order valence-corrected chi connectivity index (χ4v) is 2.66. The number of rotatable bonds is 10. The van der Waals surface area contributed by atoms with E-state index in [1.807, 2.05) is 43.3 Å². The predicted octanol–water partition coefficient (Wildman–Crippen LogP) is 2.99. The molecule has 0 spiro atoms. The van der Waals surface area contributed by atoms with Gasteiger partial charge >= 0.3 is 0 Å². The molecule has 3 aromatic rings. The van der Waals surface area contributed by atoms with Gasteiger partial charge in [0.25, 0.3) is 5.91 Å². The first kappa shape index (κ1) is 21.6. The van der Waals surface area contributed by atoms with Crippen molar-refractivity contribution < 1.29 is 19.0 Å². The van der Waals surface area contributed by atoms with Gasteiger partial charge in [0.05, 0.1) is 24.4 Å².